The van der Waals surface area contributed by atoms with Gasteiger partial charge in [0.2, 0.25) is 11.8 Å². The predicted octanol–water partition coefficient (Wildman–Crippen LogP) is 2.25. The summed E-state index contributed by atoms with van der Waals surface area (Å²) in [6.07, 6.45) is 5.60. The summed E-state index contributed by atoms with van der Waals surface area (Å²) in [5.41, 5.74) is 7.10. The van der Waals surface area contributed by atoms with Gasteiger partial charge in [-0.05, 0) is 12.5 Å². The molecule has 0 saturated heterocycles. The molecule has 3 rings (SSSR count). The SMILES string of the molecule is C[C@@](Cc1ccccc1)(C(N)=O)N(C(=O)CCn1ccnc1)c1cscn1. The van der Waals surface area contributed by atoms with Gasteiger partial charge < -0.3 is 10.3 Å². The minimum absolute atomic E-state index is 0.200. The molecule has 2 N–H and O–H groups in total. The summed E-state index contributed by atoms with van der Waals surface area (Å²) < 4.78 is 1.82. The first-order valence-electron chi connectivity index (χ1n) is 8.51. The highest BCUT2D eigenvalue weighted by molar-refractivity contribution is 7.07. The number of rotatable bonds is 8. The van der Waals surface area contributed by atoms with Crippen LogP contribution in [0.2, 0.25) is 0 Å². The van der Waals surface area contributed by atoms with Gasteiger partial charge in [0.05, 0.1) is 11.8 Å². The van der Waals surface area contributed by atoms with Crippen LogP contribution in [0.3, 0.4) is 0 Å². The van der Waals surface area contributed by atoms with Crippen LogP contribution in [0.1, 0.15) is 18.9 Å². The molecule has 27 heavy (non-hydrogen) atoms. The van der Waals surface area contributed by atoms with Crippen LogP contribution in [-0.2, 0) is 22.6 Å². The first-order chi connectivity index (χ1) is 13.0. The Balaban J connectivity index is 1.91. The van der Waals surface area contributed by atoms with E-state index in [2.05, 4.69) is 9.97 Å². The van der Waals surface area contributed by atoms with Gasteiger partial charge in [-0.15, -0.1) is 11.3 Å². The van der Waals surface area contributed by atoms with Crippen LogP contribution in [0.25, 0.3) is 0 Å². The number of anilines is 1. The van der Waals surface area contributed by atoms with E-state index in [0.717, 1.165) is 5.56 Å². The topological polar surface area (TPSA) is 94.1 Å². The van der Waals surface area contributed by atoms with Gasteiger partial charge in [-0.1, -0.05) is 30.3 Å². The van der Waals surface area contributed by atoms with Crippen molar-refractivity contribution in [3.63, 3.8) is 0 Å². The fourth-order valence-corrected chi connectivity index (χ4v) is 3.52. The van der Waals surface area contributed by atoms with Gasteiger partial charge in [0.1, 0.15) is 11.4 Å². The number of amides is 2. The quantitative estimate of drug-likeness (QED) is 0.645. The molecule has 0 spiro atoms. The summed E-state index contributed by atoms with van der Waals surface area (Å²) in [4.78, 5) is 35.3. The van der Waals surface area contributed by atoms with E-state index in [1.165, 1.54) is 16.2 Å². The van der Waals surface area contributed by atoms with Gasteiger partial charge >= 0.3 is 0 Å². The molecule has 140 valence electrons. The molecule has 0 saturated carbocycles. The lowest BCUT2D eigenvalue weighted by Crippen LogP contribution is -2.60. The third kappa shape index (κ3) is 4.22. The van der Waals surface area contributed by atoms with Crippen LogP contribution in [0.5, 0.6) is 0 Å². The molecule has 0 unspecified atom stereocenters. The van der Waals surface area contributed by atoms with E-state index in [0.29, 0.717) is 18.8 Å². The zero-order valence-corrected chi connectivity index (χ0v) is 15.8. The molecule has 8 heteroatoms. The molecule has 0 aliphatic heterocycles. The maximum Gasteiger partial charge on any atom is 0.243 e. The van der Waals surface area contributed by atoms with Crippen LogP contribution < -0.4 is 10.6 Å². The van der Waals surface area contributed by atoms with Crippen molar-refractivity contribution >= 4 is 29.0 Å². The number of benzene rings is 1. The highest BCUT2D eigenvalue weighted by Gasteiger charge is 2.42. The van der Waals surface area contributed by atoms with Gasteiger partial charge in [0.25, 0.3) is 0 Å². The Morgan fingerprint density at radius 2 is 2.07 bits per heavy atom. The van der Waals surface area contributed by atoms with Crippen molar-refractivity contribution in [2.24, 2.45) is 5.73 Å². The molecule has 2 amide bonds. The number of carbonyl (C=O) groups excluding carboxylic acids is 2. The number of nitrogens with two attached hydrogens (primary N) is 1. The summed E-state index contributed by atoms with van der Waals surface area (Å²) in [5, 5.41) is 1.75. The molecule has 0 radical (unpaired) electrons. The maximum atomic E-state index is 13.1. The molecule has 0 aliphatic rings. The van der Waals surface area contributed by atoms with E-state index in [1.807, 2.05) is 34.9 Å². The molecular formula is C19H21N5O2S. The molecule has 1 atom stereocenters. The third-order valence-electron chi connectivity index (χ3n) is 4.46. The number of aromatic nitrogens is 3. The number of aryl methyl sites for hydroxylation is 1. The zero-order valence-electron chi connectivity index (χ0n) is 15.0. The maximum absolute atomic E-state index is 13.1. The molecule has 2 heterocycles. The minimum Gasteiger partial charge on any atom is -0.368 e. The second-order valence-electron chi connectivity index (χ2n) is 6.43. The first-order valence-corrected chi connectivity index (χ1v) is 9.46. The summed E-state index contributed by atoms with van der Waals surface area (Å²) >= 11 is 1.36. The van der Waals surface area contributed by atoms with E-state index >= 15 is 0 Å². The molecule has 0 fully saturated rings. The lowest BCUT2D eigenvalue weighted by molar-refractivity contribution is -0.128. The van der Waals surface area contributed by atoms with E-state index in [4.69, 9.17) is 5.73 Å². The lowest BCUT2D eigenvalue weighted by atomic mass is 9.89. The number of hydrogen-bond donors (Lipinski definition) is 1. The van der Waals surface area contributed by atoms with Crippen molar-refractivity contribution in [2.75, 3.05) is 4.90 Å². The fourth-order valence-electron chi connectivity index (χ4n) is 3.00. The van der Waals surface area contributed by atoms with E-state index in [1.54, 1.807) is 36.5 Å². The van der Waals surface area contributed by atoms with Crippen molar-refractivity contribution in [1.29, 1.82) is 0 Å². The number of nitrogens with zero attached hydrogens (tertiary/aromatic N) is 4. The standard InChI is InChI=1S/C19H21N5O2S/c1-19(18(20)26,11-15-5-3-2-4-6-15)24(16-12-27-14-22-16)17(25)7-9-23-10-8-21-13-23/h2-6,8,10,12-14H,7,9,11H2,1H3,(H2,20,26)/t19-/m1/s1. The van der Waals surface area contributed by atoms with Crippen LogP contribution in [0.15, 0.2) is 59.9 Å². The molecule has 0 bridgehead atoms. The van der Waals surface area contributed by atoms with E-state index in [9.17, 15) is 9.59 Å². The molecule has 0 aliphatic carbocycles. The Morgan fingerprint density at radius 3 is 2.67 bits per heavy atom. The second kappa shape index (κ2) is 8.13. The molecular weight excluding hydrogens is 362 g/mol. The Labute approximate surface area is 161 Å². The molecule has 2 aromatic heterocycles. The van der Waals surface area contributed by atoms with Crippen molar-refractivity contribution in [1.82, 2.24) is 14.5 Å². The predicted molar refractivity (Wildman–Crippen MR) is 104 cm³/mol. The largest absolute Gasteiger partial charge is 0.368 e. The number of primary amides is 1. The Bertz CT molecular complexity index is 880. The monoisotopic (exact) mass is 383 g/mol. The highest BCUT2D eigenvalue weighted by Crippen LogP contribution is 2.28. The van der Waals surface area contributed by atoms with Crippen molar-refractivity contribution in [3.8, 4) is 0 Å². The normalized spacial score (nSPS) is 13.1. The summed E-state index contributed by atoms with van der Waals surface area (Å²) in [5.74, 6) is -0.352. The smallest absolute Gasteiger partial charge is 0.243 e. The van der Waals surface area contributed by atoms with Crippen molar-refractivity contribution < 1.29 is 9.59 Å². The Kier molecular flexibility index (Phi) is 5.66. The van der Waals surface area contributed by atoms with Gasteiger partial charge in [0.15, 0.2) is 0 Å². The minimum atomic E-state index is -1.23. The Morgan fingerprint density at radius 1 is 1.30 bits per heavy atom. The number of carbonyl (C=O) groups is 2. The lowest BCUT2D eigenvalue weighted by Gasteiger charge is -2.38. The summed E-state index contributed by atoms with van der Waals surface area (Å²) in [6.45, 7) is 2.15. The molecule has 1 aromatic carbocycles. The average Bonchev–Trinajstić information content (AvgIpc) is 3.35. The summed E-state index contributed by atoms with van der Waals surface area (Å²) in [6, 6.07) is 9.52. The molecule has 3 aromatic rings. The Hall–Kier alpha value is -3.00. The number of hydrogen-bond acceptors (Lipinski definition) is 5. The zero-order chi connectivity index (χ0) is 19.3. The van der Waals surface area contributed by atoms with E-state index in [-0.39, 0.29) is 12.3 Å². The number of thiazole rings is 1. The number of imidazole rings is 1. The first kappa shape index (κ1) is 18.8. The van der Waals surface area contributed by atoms with Gasteiger partial charge in [0, 0.05) is 37.2 Å². The van der Waals surface area contributed by atoms with Crippen molar-refractivity contribution in [3.05, 3.63) is 65.5 Å². The van der Waals surface area contributed by atoms with Crippen LogP contribution >= 0.6 is 11.3 Å². The third-order valence-corrected chi connectivity index (χ3v) is 5.03. The summed E-state index contributed by atoms with van der Waals surface area (Å²) in [7, 11) is 0. The van der Waals surface area contributed by atoms with Crippen LogP contribution in [0, 0.1) is 0 Å². The van der Waals surface area contributed by atoms with Crippen LogP contribution in [0.4, 0.5) is 5.82 Å². The second-order valence-corrected chi connectivity index (χ2v) is 7.15. The fraction of sp³-hybridized carbons (Fsp3) is 0.263. The van der Waals surface area contributed by atoms with Crippen LogP contribution in [-0.4, -0.2) is 31.9 Å². The van der Waals surface area contributed by atoms with Crippen molar-refractivity contribution in [2.45, 2.75) is 31.8 Å². The highest BCUT2D eigenvalue weighted by atomic mass is 32.1. The average molecular weight is 383 g/mol. The molecule has 7 nitrogen and oxygen atoms in total. The van der Waals surface area contributed by atoms with Gasteiger partial charge in [-0.25, -0.2) is 9.97 Å². The van der Waals surface area contributed by atoms with Gasteiger partial charge in [-0.3, -0.25) is 14.5 Å². The van der Waals surface area contributed by atoms with Gasteiger partial charge in [-0.2, -0.15) is 0 Å². The van der Waals surface area contributed by atoms with E-state index < -0.39 is 11.4 Å².